The summed E-state index contributed by atoms with van der Waals surface area (Å²) in [6.45, 7) is 0.940. The van der Waals surface area contributed by atoms with Crippen molar-refractivity contribution in [1.82, 2.24) is 14.9 Å². The van der Waals surface area contributed by atoms with Gasteiger partial charge in [0.25, 0.3) is 5.91 Å². The van der Waals surface area contributed by atoms with Crippen molar-refractivity contribution in [3.8, 4) is 0 Å². The molecule has 1 atom stereocenters. The highest BCUT2D eigenvalue weighted by atomic mass is 16.4. The largest absolute Gasteiger partial charge is 0.465 e. The quantitative estimate of drug-likeness (QED) is 0.645. The molecule has 0 bridgehead atoms. The predicted octanol–water partition coefficient (Wildman–Crippen LogP) is 3.05. The van der Waals surface area contributed by atoms with E-state index in [0.29, 0.717) is 29.9 Å². The highest BCUT2D eigenvalue weighted by Gasteiger charge is 2.26. The van der Waals surface area contributed by atoms with E-state index < -0.39 is 6.09 Å². The first-order chi connectivity index (χ1) is 13.6. The van der Waals surface area contributed by atoms with Gasteiger partial charge in [-0.05, 0) is 42.8 Å². The van der Waals surface area contributed by atoms with E-state index in [1.54, 1.807) is 36.8 Å². The summed E-state index contributed by atoms with van der Waals surface area (Å²) in [4.78, 5) is 33.6. The maximum atomic E-state index is 12.7. The number of benzene rings is 1. The number of likely N-dealkylation sites (tertiary alicyclic amines) is 1. The number of carbonyl (C=O) groups is 2. The van der Waals surface area contributed by atoms with Gasteiger partial charge in [-0.1, -0.05) is 0 Å². The van der Waals surface area contributed by atoms with E-state index in [4.69, 9.17) is 5.11 Å². The van der Waals surface area contributed by atoms with Gasteiger partial charge in [-0.25, -0.2) is 4.79 Å². The first kappa shape index (κ1) is 17.7. The highest BCUT2D eigenvalue weighted by Crippen LogP contribution is 2.27. The second-order valence-corrected chi connectivity index (χ2v) is 6.61. The van der Waals surface area contributed by atoms with Gasteiger partial charge >= 0.3 is 6.09 Å². The minimum atomic E-state index is -0.904. The lowest BCUT2D eigenvalue weighted by molar-refractivity contribution is 0.102. The van der Waals surface area contributed by atoms with Gasteiger partial charge in [0.1, 0.15) is 0 Å². The van der Waals surface area contributed by atoms with Gasteiger partial charge in [0.2, 0.25) is 0 Å². The van der Waals surface area contributed by atoms with Crippen molar-refractivity contribution in [2.24, 2.45) is 0 Å². The minimum absolute atomic E-state index is 0.0228. The summed E-state index contributed by atoms with van der Waals surface area (Å²) < 4.78 is 0. The smallest absolute Gasteiger partial charge is 0.407 e. The van der Waals surface area contributed by atoms with Crippen LogP contribution in [-0.2, 0) is 0 Å². The van der Waals surface area contributed by atoms with Gasteiger partial charge < -0.3 is 20.6 Å². The molecule has 8 heteroatoms. The number of aromatic nitrogens is 2. The van der Waals surface area contributed by atoms with Crippen LogP contribution in [0.15, 0.2) is 55.0 Å². The first-order valence-electron chi connectivity index (χ1n) is 8.95. The van der Waals surface area contributed by atoms with Crippen LogP contribution >= 0.6 is 0 Å². The lowest BCUT2D eigenvalue weighted by atomic mass is 10.1. The minimum Gasteiger partial charge on any atom is -0.465 e. The number of rotatable bonds is 4. The maximum Gasteiger partial charge on any atom is 0.407 e. The van der Waals surface area contributed by atoms with Crippen LogP contribution < -0.4 is 10.6 Å². The number of carboxylic acid groups (broad SMARTS) is 1. The molecule has 1 saturated heterocycles. The first-order valence-corrected chi connectivity index (χ1v) is 8.95. The van der Waals surface area contributed by atoms with Crippen molar-refractivity contribution < 1.29 is 14.7 Å². The fraction of sp³-hybridized carbons (Fsp3) is 0.200. The van der Waals surface area contributed by atoms with E-state index in [9.17, 15) is 9.59 Å². The number of nitrogens with zero attached hydrogens (tertiary/aromatic N) is 3. The van der Waals surface area contributed by atoms with E-state index >= 15 is 0 Å². The van der Waals surface area contributed by atoms with Crippen molar-refractivity contribution in [3.63, 3.8) is 0 Å². The molecule has 0 spiro atoms. The molecule has 8 nitrogen and oxygen atoms in total. The van der Waals surface area contributed by atoms with Crippen LogP contribution in [0.4, 0.5) is 16.2 Å². The van der Waals surface area contributed by atoms with Crippen LogP contribution in [0.1, 0.15) is 16.8 Å². The van der Waals surface area contributed by atoms with E-state index in [2.05, 4.69) is 20.6 Å². The fourth-order valence-corrected chi connectivity index (χ4v) is 3.39. The number of carbonyl (C=O) groups excluding carboxylic acids is 1. The number of pyridine rings is 2. The molecule has 28 heavy (non-hydrogen) atoms. The summed E-state index contributed by atoms with van der Waals surface area (Å²) in [6, 6.07) is 10.8. The topological polar surface area (TPSA) is 107 Å². The average molecular weight is 377 g/mol. The molecule has 1 fully saturated rings. The molecular weight excluding hydrogens is 358 g/mol. The van der Waals surface area contributed by atoms with Crippen LogP contribution in [0.25, 0.3) is 10.9 Å². The molecule has 0 saturated carbocycles. The Balaban J connectivity index is 1.60. The molecular formula is C20H19N5O3. The molecule has 2 aromatic heterocycles. The molecule has 3 aromatic rings. The summed E-state index contributed by atoms with van der Waals surface area (Å²) in [5.74, 6) is -0.263. The van der Waals surface area contributed by atoms with Gasteiger partial charge in [-0.2, -0.15) is 0 Å². The third-order valence-electron chi connectivity index (χ3n) is 4.75. The van der Waals surface area contributed by atoms with Crippen molar-refractivity contribution >= 4 is 34.3 Å². The van der Waals surface area contributed by atoms with Crippen LogP contribution in [0.3, 0.4) is 0 Å². The number of hydrogen-bond donors (Lipinski definition) is 3. The van der Waals surface area contributed by atoms with Crippen molar-refractivity contribution in [3.05, 3.63) is 60.6 Å². The summed E-state index contributed by atoms with van der Waals surface area (Å²) in [7, 11) is 0. The third kappa shape index (κ3) is 3.57. The summed E-state index contributed by atoms with van der Waals surface area (Å²) in [5, 5.41) is 16.2. The molecule has 4 rings (SSSR count). The number of amides is 2. The van der Waals surface area contributed by atoms with Crippen LogP contribution in [-0.4, -0.2) is 51.1 Å². The SMILES string of the molecule is O=C(Nc1cccnc1)c1ccc(N[C@H]2CCN(C(=O)O)C2)c2cccnc12. The zero-order chi connectivity index (χ0) is 19.5. The normalized spacial score (nSPS) is 16.1. The monoisotopic (exact) mass is 377 g/mol. The van der Waals surface area contributed by atoms with E-state index in [1.165, 1.54) is 4.90 Å². The van der Waals surface area contributed by atoms with Gasteiger partial charge in [-0.15, -0.1) is 0 Å². The van der Waals surface area contributed by atoms with E-state index in [0.717, 1.165) is 17.5 Å². The second kappa shape index (κ2) is 7.51. The standard InChI is InChI=1S/C20H19N5O3/c26-19(24-13-3-1-8-21-11-13)16-5-6-17(15-4-2-9-22-18(15)16)23-14-7-10-25(12-14)20(27)28/h1-6,8-9,11,14,23H,7,10,12H2,(H,24,26)(H,27,28)/t14-/m0/s1. The van der Waals surface area contributed by atoms with Crippen molar-refractivity contribution in [2.75, 3.05) is 23.7 Å². The van der Waals surface area contributed by atoms with Gasteiger partial charge in [-0.3, -0.25) is 14.8 Å². The Labute approximate surface area is 161 Å². The highest BCUT2D eigenvalue weighted by molar-refractivity contribution is 6.13. The van der Waals surface area contributed by atoms with Crippen molar-refractivity contribution in [1.29, 1.82) is 0 Å². The average Bonchev–Trinajstić information content (AvgIpc) is 3.18. The predicted molar refractivity (Wildman–Crippen MR) is 106 cm³/mol. The molecule has 2 amide bonds. The van der Waals surface area contributed by atoms with Gasteiger partial charge in [0, 0.05) is 42.6 Å². The Hall–Kier alpha value is -3.68. The Bertz CT molecular complexity index is 1020. The zero-order valence-electron chi connectivity index (χ0n) is 15.0. The zero-order valence-corrected chi connectivity index (χ0v) is 15.0. The number of anilines is 2. The second-order valence-electron chi connectivity index (χ2n) is 6.61. The summed E-state index contributed by atoms with van der Waals surface area (Å²) in [5.41, 5.74) is 2.49. The fourth-order valence-electron chi connectivity index (χ4n) is 3.39. The van der Waals surface area contributed by atoms with Crippen LogP contribution in [0, 0.1) is 0 Å². The van der Waals surface area contributed by atoms with Gasteiger partial charge in [0.15, 0.2) is 0 Å². The number of hydrogen-bond acceptors (Lipinski definition) is 5. The maximum absolute atomic E-state index is 12.7. The number of nitrogens with one attached hydrogen (secondary N) is 2. The lowest BCUT2D eigenvalue weighted by Crippen LogP contribution is -2.30. The van der Waals surface area contributed by atoms with E-state index in [-0.39, 0.29) is 11.9 Å². The molecule has 1 aliphatic heterocycles. The molecule has 3 N–H and O–H groups in total. The Kier molecular flexibility index (Phi) is 4.76. The molecule has 1 aliphatic rings. The molecule has 0 unspecified atom stereocenters. The molecule has 1 aromatic carbocycles. The summed E-state index contributed by atoms with van der Waals surface area (Å²) >= 11 is 0. The van der Waals surface area contributed by atoms with Gasteiger partial charge in [0.05, 0.1) is 23.0 Å². The Morgan fingerprint density at radius 3 is 2.75 bits per heavy atom. The summed E-state index contributed by atoms with van der Waals surface area (Å²) in [6.07, 6.45) is 4.70. The molecule has 142 valence electrons. The molecule has 0 aliphatic carbocycles. The van der Waals surface area contributed by atoms with Crippen LogP contribution in [0.5, 0.6) is 0 Å². The van der Waals surface area contributed by atoms with E-state index in [1.807, 2.05) is 18.2 Å². The lowest BCUT2D eigenvalue weighted by Gasteiger charge is -2.17. The third-order valence-corrected chi connectivity index (χ3v) is 4.75. The Morgan fingerprint density at radius 2 is 2.00 bits per heavy atom. The molecule has 0 radical (unpaired) electrons. The van der Waals surface area contributed by atoms with Crippen molar-refractivity contribution in [2.45, 2.75) is 12.5 Å². The Morgan fingerprint density at radius 1 is 1.14 bits per heavy atom. The van der Waals surface area contributed by atoms with Crippen LogP contribution in [0.2, 0.25) is 0 Å². The molecule has 3 heterocycles. The number of fused-ring (bicyclic) bond motifs is 1.